The molecule has 0 unspecified atom stereocenters. The van der Waals surface area contributed by atoms with Gasteiger partial charge >= 0.3 is 12.1 Å². The van der Waals surface area contributed by atoms with Crippen molar-refractivity contribution in [3.8, 4) is 0 Å². The van der Waals surface area contributed by atoms with Gasteiger partial charge in [-0.25, -0.2) is 9.59 Å². The molecule has 1 N–H and O–H groups in total. The van der Waals surface area contributed by atoms with Crippen molar-refractivity contribution >= 4 is 12.1 Å². The number of hydrogen-bond acceptors (Lipinski definition) is 4. The van der Waals surface area contributed by atoms with Gasteiger partial charge in [0.1, 0.15) is 18.8 Å². The minimum atomic E-state index is -0.710. The lowest BCUT2D eigenvalue weighted by molar-refractivity contribution is -0.143. The number of cyclic esters (lactones) is 1. The van der Waals surface area contributed by atoms with Gasteiger partial charge in [-0.1, -0.05) is 67.6 Å². The molecule has 0 radical (unpaired) electrons. The second kappa shape index (κ2) is 7.17. The van der Waals surface area contributed by atoms with E-state index >= 15 is 0 Å². The fourth-order valence-electron chi connectivity index (χ4n) is 2.79. The van der Waals surface area contributed by atoms with Crippen LogP contribution in [-0.4, -0.2) is 18.1 Å². The zero-order valence-electron chi connectivity index (χ0n) is 13.3. The molecule has 3 atom stereocenters. The number of amides is 1. The molecule has 24 heavy (non-hydrogen) atoms. The van der Waals surface area contributed by atoms with Crippen molar-refractivity contribution in [2.75, 3.05) is 0 Å². The van der Waals surface area contributed by atoms with Crippen LogP contribution >= 0.6 is 0 Å². The average molecular weight is 325 g/mol. The maximum Gasteiger partial charge on any atom is 0.408 e. The van der Waals surface area contributed by atoms with Gasteiger partial charge in [0.25, 0.3) is 0 Å². The Kier molecular flexibility index (Phi) is 4.79. The van der Waals surface area contributed by atoms with Gasteiger partial charge in [0.2, 0.25) is 0 Å². The van der Waals surface area contributed by atoms with Gasteiger partial charge in [0.05, 0.1) is 0 Å². The van der Waals surface area contributed by atoms with Crippen molar-refractivity contribution in [1.29, 1.82) is 0 Å². The number of esters is 1. The Balaban J connectivity index is 1.58. The van der Waals surface area contributed by atoms with Crippen molar-refractivity contribution < 1.29 is 19.1 Å². The van der Waals surface area contributed by atoms with Gasteiger partial charge in [-0.3, -0.25) is 0 Å². The number of alkyl carbamates (subject to hydrolysis) is 1. The summed E-state index contributed by atoms with van der Waals surface area (Å²) in [7, 11) is 0. The Hall–Kier alpha value is -2.82. The van der Waals surface area contributed by atoms with Crippen molar-refractivity contribution in [1.82, 2.24) is 5.32 Å². The SMILES string of the molecule is C[C@H]1[C@H](NC(=O)OCc2ccccc2)C(=O)O[C@@H]1c1ccccc1. The molecule has 5 nitrogen and oxygen atoms in total. The zero-order chi connectivity index (χ0) is 16.9. The van der Waals surface area contributed by atoms with Crippen LogP contribution in [0.4, 0.5) is 4.79 Å². The Bertz CT molecular complexity index is 702. The van der Waals surface area contributed by atoms with E-state index in [1.54, 1.807) is 0 Å². The third-order valence-electron chi connectivity index (χ3n) is 4.11. The first kappa shape index (κ1) is 16.1. The second-order valence-corrected chi connectivity index (χ2v) is 5.81. The van der Waals surface area contributed by atoms with E-state index in [2.05, 4.69) is 5.32 Å². The third kappa shape index (κ3) is 3.56. The highest BCUT2D eigenvalue weighted by atomic mass is 16.6. The van der Waals surface area contributed by atoms with Crippen molar-refractivity contribution in [2.45, 2.75) is 25.7 Å². The number of hydrogen-bond donors (Lipinski definition) is 1. The normalized spacial score (nSPS) is 22.7. The minimum Gasteiger partial charge on any atom is -0.456 e. The number of ether oxygens (including phenoxy) is 2. The molecule has 5 heteroatoms. The predicted molar refractivity (Wildman–Crippen MR) is 88.0 cm³/mol. The molecule has 1 aliphatic rings. The highest BCUT2D eigenvalue weighted by Crippen LogP contribution is 2.35. The fraction of sp³-hybridized carbons (Fsp3) is 0.263. The standard InChI is InChI=1S/C19H19NO4/c1-13-16(18(21)24-17(13)15-10-6-3-7-11-15)20-19(22)23-12-14-8-4-2-5-9-14/h2-11,13,16-17H,12H2,1H3,(H,20,22)/t13-,16-,17-/m0/s1. The number of carbonyl (C=O) groups is 2. The molecule has 1 heterocycles. The monoisotopic (exact) mass is 325 g/mol. The quantitative estimate of drug-likeness (QED) is 0.877. The van der Waals surface area contributed by atoms with E-state index in [0.29, 0.717) is 0 Å². The van der Waals surface area contributed by atoms with Crippen molar-refractivity contribution in [3.63, 3.8) is 0 Å². The van der Waals surface area contributed by atoms with Crippen LogP contribution in [-0.2, 0) is 20.9 Å². The van der Waals surface area contributed by atoms with Crippen LogP contribution in [0.5, 0.6) is 0 Å². The summed E-state index contributed by atoms with van der Waals surface area (Å²) in [6.07, 6.45) is -0.987. The van der Waals surface area contributed by atoms with Crippen LogP contribution in [0, 0.1) is 5.92 Å². The lowest BCUT2D eigenvalue weighted by atomic mass is 9.94. The van der Waals surface area contributed by atoms with E-state index in [-0.39, 0.29) is 18.6 Å². The van der Waals surface area contributed by atoms with E-state index in [9.17, 15) is 9.59 Å². The van der Waals surface area contributed by atoms with Crippen LogP contribution in [0.3, 0.4) is 0 Å². The molecule has 2 aromatic carbocycles. The summed E-state index contributed by atoms with van der Waals surface area (Å²) in [5, 5.41) is 2.61. The lowest BCUT2D eigenvalue weighted by Crippen LogP contribution is -2.41. The van der Waals surface area contributed by atoms with Crippen LogP contribution in [0.1, 0.15) is 24.2 Å². The molecular formula is C19H19NO4. The lowest BCUT2D eigenvalue weighted by Gasteiger charge is -2.17. The molecule has 1 aliphatic heterocycles. The van der Waals surface area contributed by atoms with Crippen LogP contribution < -0.4 is 5.32 Å². The molecule has 124 valence electrons. The first-order chi connectivity index (χ1) is 11.6. The summed E-state index contributed by atoms with van der Waals surface area (Å²) in [5.74, 6) is -0.614. The molecule has 0 aliphatic carbocycles. The summed E-state index contributed by atoms with van der Waals surface area (Å²) in [6.45, 7) is 2.04. The maximum absolute atomic E-state index is 12.1. The van der Waals surface area contributed by atoms with Gasteiger partial charge in [-0.05, 0) is 11.1 Å². The molecule has 1 fully saturated rings. The van der Waals surface area contributed by atoms with Crippen molar-refractivity contribution in [3.05, 3.63) is 71.8 Å². The first-order valence-electron chi connectivity index (χ1n) is 7.88. The summed E-state index contributed by atoms with van der Waals surface area (Å²) in [4.78, 5) is 24.1. The molecule has 0 bridgehead atoms. The highest BCUT2D eigenvalue weighted by molar-refractivity contribution is 5.83. The number of rotatable bonds is 4. The van der Waals surface area contributed by atoms with Gasteiger partial charge in [0, 0.05) is 5.92 Å². The number of nitrogens with one attached hydrogen (secondary N) is 1. The summed E-state index contributed by atoms with van der Waals surface area (Å²) in [6, 6.07) is 18.2. The number of benzene rings is 2. The topological polar surface area (TPSA) is 64.6 Å². The highest BCUT2D eigenvalue weighted by Gasteiger charge is 2.43. The smallest absolute Gasteiger partial charge is 0.408 e. The van der Waals surface area contributed by atoms with Gasteiger partial charge in [-0.15, -0.1) is 0 Å². The minimum absolute atomic E-state index is 0.158. The first-order valence-corrected chi connectivity index (χ1v) is 7.88. The van der Waals surface area contributed by atoms with E-state index in [1.807, 2.05) is 67.6 Å². The van der Waals surface area contributed by atoms with E-state index in [0.717, 1.165) is 11.1 Å². The van der Waals surface area contributed by atoms with E-state index in [1.165, 1.54) is 0 Å². The molecule has 3 rings (SSSR count). The Morgan fingerprint density at radius 2 is 1.71 bits per heavy atom. The largest absolute Gasteiger partial charge is 0.456 e. The second-order valence-electron chi connectivity index (χ2n) is 5.81. The molecule has 2 aromatic rings. The fourth-order valence-corrected chi connectivity index (χ4v) is 2.79. The van der Waals surface area contributed by atoms with Crippen molar-refractivity contribution in [2.24, 2.45) is 5.92 Å². The Morgan fingerprint density at radius 1 is 1.08 bits per heavy atom. The molecule has 1 saturated heterocycles. The van der Waals surface area contributed by atoms with Crippen LogP contribution in [0.25, 0.3) is 0 Å². The third-order valence-corrected chi connectivity index (χ3v) is 4.11. The molecular weight excluding hydrogens is 306 g/mol. The number of carbonyl (C=O) groups excluding carboxylic acids is 2. The Morgan fingerprint density at radius 3 is 2.38 bits per heavy atom. The van der Waals surface area contributed by atoms with Gasteiger partial charge in [-0.2, -0.15) is 0 Å². The average Bonchev–Trinajstić information content (AvgIpc) is 2.90. The molecule has 1 amide bonds. The predicted octanol–water partition coefficient (Wildman–Crippen LogP) is 3.22. The van der Waals surface area contributed by atoms with Gasteiger partial charge < -0.3 is 14.8 Å². The zero-order valence-corrected chi connectivity index (χ0v) is 13.3. The summed E-state index contributed by atoms with van der Waals surface area (Å²) >= 11 is 0. The molecule has 0 spiro atoms. The Labute approximate surface area is 140 Å². The van der Waals surface area contributed by atoms with E-state index < -0.39 is 18.1 Å². The maximum atomic E-state index is 12.1. The van der Waals surface area contributed by atoms with Crippen LogP contribution in [0.2, 0.25) is 0 Å². The summed E-state index contributed by atoms with van der Waals surface area (Å²) in [5.41, 5.74) is 1.80. The van der Waals surface area contributed by atoms with Gasteiger partial charge in [0.15, 0.2) is 0 Å². The summed E-state index contributed by atoms with van der Waals surface area (Å²) < 4.78 is 10.6. The van der Waals surface area contributed by atoms with Crippen LogP contribution in [0.15, 0.2) is 60.7 Å². The molecule has 0 saturated carbocycles. The van der Waals surface area contributed by atoms with E-state index in [4.69, 9.17) is 9.47 Å². The molecule has 0 aromatic heterocycles.